The second-order valence-corrected chi connectivity index (χ2v) is 6.54. The van der Waals surface area contributed by atoms with Crippen LogP contribution in [0.15, 0.2) is 59.7 Å². The van der Waals surface area contributed by atoms with Crippen LogP contribution in [0.3, 0.4) is 0 Å². The maximum absolute atomic E-state index is 12.7. The number of rotatable bonds is 8. The van der Waals surface area contributed by atoms with E-state index in [-0.39, 0.29) is 5.91 Å². The zero-order valence-electron chi connectivity index (χ0n) is 16.3. The molecule has 3 aromatic rings. The zero-order valence-corrected chi connectivity index (χ0v) is 16.3. The highest BCUT2D eigenvalue weighted by Crippen LogP contribution is 2.19. The second kappa shape index (κ2) is 9.65. The lowest BCUT2D eigenvalue weighted by Gasteiger charge is -2.08. The maximum atomic E-state index is 12.7. The van der Waals surface area contributed by atoms with Gasteiger partial charge in [-0.2, -0.15) is 5.10 Å². The molecule has 0 aliphatic rings. The fraction of sp³-hybridized carbons (Fsp3) is 0.261. The van der Waals surface area contributed by atoms with Crippen LogP contribution < -0.4 is 10.2 Å². The normalized spacial score (nSPS) is 11.1. The predicted molar refractivity (Wildman–Crippen MR) is 113 cm³/mol. The molecule has 0 spiro atoms. The number of nitrogens with one attached hydrogen (secondary N) is 1. The summed E-state index contributed by atoms with van der Waals surface area (Å²) in [5.41, 5.74) is 5.85. The molecule has 0 atom stereocenters. The van der Waals surface area contributed by atoms with Crippen LogP contribution in [-0.2, 0) is 6.42 Å². The molecule has 0 fully saturated rings. The Labute approximate surface area is 165 Å². The van der Waals surface area contributed by atoms with E-state index in [1.165, 1.54) is 0 Å². The standard InChI is InChI=1S/C23H25N3O2/c1-3-7-18-15-21(20-8-5-6-9-22(20)25-18)23(27)26-24-16-17-10-12-19(13-11-17)28-14-4-2/h5-6,8-13,15-16H,3-4,7,14H2,1-2H3,(H,26,27)/b24-16-. The van der Waals surface area contributed by atoms with Crippen molar-refractivity contribution >= 4 is 23.0 Å². The van der Waals surface area contributed by atoms with Gasteiger partial charge < -0.3 is 4.74 Å². The number of hydrazone groups is 1. The van der Waals surface area contributed by atoms with Crippen molar-refractivity contribution in [1.82, 2.24) is 10.4 Å². The number of pyridine rings is 1. The Morgan fingerprint density at radius 2 is 1.89 bits per heavy atom. The number of ether oxygens (including phenoxy) is 1. The average molecular weight is 375 g/mol. The summed E-state index contributed by atoms with van der Waals surface area (Å²) in [6.07, 6.45) is 4.40. The first kappa shape index (κ1) is 19.5. The molecule has 5 heteroatoms. The molecule has 28 heavy (non-hydrogen) atoms. The van der Waals surface area contributed by atoms with Crippen LogP contribution in [0.1, 0.15) is 48.3 Å². The molecule has 0 bridgehead atoms. The molecule has 0 saturated heterocycles. The van der Waals surface area contributed by atoms with E-state index >= 15 is 0 Å². The van der Waals surface area contributed by atoms with Gasteiger partial charge in [-0.1, -0.05) is 38.5 Å². The van der Waals surface area contributed by atoms with Crippen LogP contribution >= 0.6 is 0 Å². The number of benzene rings is 2. The number of carbonyl (C=O) groups is 1. The first-order chi connectivity index (χ1) is 13.7. The first-order valence-electron chi connectivity index (χ1n) is 9.66. The molecule has 0 aliphatic carbocycles. The maximum Gasteiger partial charge on any atom is 0.272 e. The van der Waals surface area contributed by atoms with Gasteiger partial charge >= 0.3 is 0 Å². The van der Waals surface area contributed by atoms with E-state index in [0.717, 1.165) is 47.2 Å². The second-order valence-electron chi connectivity index (χ2n) is 6.54. The molecule has 5 nitrogen and oxygen atoms in total. The van der Waals surface area contributed by atoms with Crippen LogP contribution in [0, 0.1) is 0 Å². The summed E-state index contributed by atoms with van der Waals surface area (Å²) in [5, 5.41) is 4.93. The molecule has 144 valence electrons. The van der Waals surface area contributed by atoms with E-state index in [1.54, 1.807) is 6.21 Å². The Hall–Kier alpha value is -3.21. The van der Waals surface area contributed by atoms with Gasteiger partial charge in [0.25, 0.3) is 5.91 Å². The molecule has 0 radical (unpaired) electrons. The number of aromatic nitrogens is 1. The van der Waals surface area contributed by atoms with Gasteiger partial charge in [-0.05, 0) is 54.8 Å². The molecular weight excluding hydrogens is 350 g/mol. The SMILES string of the molecule is CCCOc1ccc(/C=N\NC(=O)c2cc(CCC)nc3ccccc23)cc1. The van der Waals surface area contributed by atoms with Crippen LogP contribution in [0.5, 0.6) is 5.75 Å². The molecule has 3 rings (SSSR count). The van der Waals surface area contributed by atoms with E-state index < -0.39 is 0 Å². The van der Waals surface area contributed by atoms with Crippen LogP contribution in [0.4, 0.5) is 0 Å². The van der Waals surface area contributed by atoms with Gasteiger partial charge in [-0.3, -0.25) is 9.78 Å². The molecule has 2 aromatic carbocycles. The lowest BCUT2D eigenvalue weighted by Crippen LogP contribution is -2.18. The number of amides is 1. The highest BCUT2D eigenvalue weighted by Gasteiger charge is 2.12. The molecule has 1 heterocycles. The number of aryl methyl sites for hydroxylation is 1. The smallest absolute Gasteiger partial charge is 0.272 e. The van der Waals surface area contributed by atoms with E-state index in [2.05, 4.69) is 29.4 Å². The minimum Gasteiger partial charge on any atom is -0.494 e. The molecule has 1 N–H and O–H groups in total. The number of nitrogens with zero attached hydrogens (tertiary/aromatic N) is 2. The van der Waals surface area contributed by atoms with Crippen molar-refractivity contribution in [2.45, 2.75) is 33.1 Å². The molecule has 0 unspecified atom stereocenters. The first-order valence-corrected chi connectivity index (χ1v) is 9.66. The van der Waals surface area contributed by atoms with Gasteiger partial charge in [0.05, 0.1) is 23.9 Å². The van der Waals surface area contributed by atoms with Gasteiger partial charge in [0.2, 0.25) is 0 Å². The van der Waals surface area contributed by atoms with E-state index in [1.807, 2.05) is 54.6 Å². The van der Waals surface area contributed by atoms with E-state index in [9.17, 15) is 4.79 Å². The minimum atomic E-state index is -0.241. The number of fused-ring (bicyclic) bond motifs is 1. The van der Waals surface area contributed by atoms with Gasteiger partial charge in [0.15, 0.2) is 0 Å². The van der Waals surface area contributed by atoms with Gasteiger partial charge in [-0.15, -0.1) is 0 Å². The lowest BCUT2D eigenvalue weighted by molar-refractivity contribution is 0.0956. The van der Waals surface area contributed by atoms with Crippen molar-refractivity contribution < 1.29 is 9.53 Å². The molecular formula is C23H25N3O2. The lowest BCUT2D eigenvalue weighted by atomic mass is 10.1. The number of para-hydroxylation sites is 1. The molecule has 0 saturated carbocycles. The third-order valence-electron chi connectivity index (χ3n) is 4.25. The summed E-state index contributed by atoms with van der Waals surface area (Å²) in [6, 6.07) is 17.1. The Balaban J connectivity index is 1.73. The van der Waals surface area contributed by atoms with Gasteiger partial charge in [-0.25, -0.2) is 5.43 Å². The molecule has 0 aliphatic heterocycles. The van der Waals surface area contributed by atoms with Gasteiger partial charge in [0, 0.05) is 11.1 Å². The van der Waals surface area contributed by atoms with Crippen molar-refractivity contribution in [2.24, 2.45) is 5.10 Å². The minimum absolute atomic E-state index is 0.241. The van der Waals surface area contributed by atoms with Gasteiger partial charge in [0.1, 0.15) is 5.75 Å². The number of hydrogen-bond acceptors (Lipinski definition) is 4. The van der Waals surface area contributed by atoms with E-state index in [4.69, 9.17) is 4.74 Å². The summed E-state index contributed by atoms with van der Waals surface area (Å²) < 4.78 is 5.56. The van der Waals surface area contributed by atoms with Crippen molar-refractivity contribution in [3.8, 4) is 5.75 Å². The highest BCUT2D eigenvalue weighted by atomic mass is 16.5. The van der Waals surface area contributed by atoms with Crippen molar-refractivity contribution in [1.29, 1.82) is 0 Å². The Bertz CT molecular complexity index is 965. The fourth-order valence-corrected chi connectivity index (χ4v) is 2.90. The average Bonchev–Trinajstić information content (AvgIpc) is 2.72. The summed E-state index contributed by atoms with van der Waals surface area (Å²) in [5.74, 6) is 0.588. The predicted octanol–water partition coefficient (Wildman–Crippen LogP) is 4.74. The summed E-state index contributed by atoms with van der Waals surface area (Å²) in [7, 11) is 0. The van der Waals surface area contributed by atoms with Crippen molar-refractivity contribution in [3.63, 3.8) is 0 Å². The quantitative estimate of drug-likeness (QED) is 0.457. The third kappa shape index (κ3) is 4.94. The number of hydrogen-bond donors (Lipinski definition) is 1. The topological polar surface area (TPSA) is 63.6 Å². The Kier molecular flexibility index (Phi) is 6.73. The summed E-state index contributed by atoms with van der Waals surface area (Å²) in [6.45, 7) is 4.86. The third-order valence-corrected chi connectivity index (χ3v) is 4.25. The zero-order chi connectivity index (χ0) is 19.8. The van der Waals surface area contributed by atoms with Crippen LogP contribution in [-0.4, -0.2) is 23.7 Å². The van der Waals surface area contributed by atoms with Crippen molar-refractivity contribution in [3.05, 3.63) is 71.4 Å². The molecule has 1 aromatic heterocycles. The fourth-order valence-electron chi connectivity index (χ4n) is 2.90. The molecule has 1 amide bonds. The van der Waals surface area contributed by atoms with E-state index in [0.29, 0.717) is 12.2 Å². The highest BCUT2D eigenvalue weighted by molar-refractivity contribution is 6.06. The Morgan fingerprint density at radius 1 is 1.11 bits per heavy atom. The van der Waals surface area contributed by atoms with Crippen LogP contribution in [0.25, 0.3) is 10.9 Å². The number of carbonyl (C=O) groups excluding carboxylic acids is 1. The Morgan fingerprint density at radius 3 is 2.64 bits per heavy atom. The van der Waals surface area contributed by atoms with Crippen LogP contribution in [0.2, 0.25) is 0 Å². The summed E-state index contributed by atoms with van der Waals surface area (Å²) >= 11 is 0. The monoisotopic (exact) mass is 375 g/mol. The van der Waals surface area contributed by atoms with Crippen molar-refractivity contribution in [2.75, 3.05) is 6.61 Å². The summed E-state index contributed by atoms with van der Waals surface area (Å²) in [4.78, 5) is 17.3. The largest absolute Gasteiger partial charge is 0.494 e.